The number of rotatable bonds is 75. The minimum absolute atomic E-state index is 0.105. The molecule has 570 valence electrons. The number of aliphatic hydroxyl groups excluding tert-OH is 1. The van der Waals surface area contributed by atoms with E-state index >= 15 is 0 Å². The maximum atomic E-state index is 13.1. The molecule has 0 saturated carbocycles. The number of hydrogen-bond donors (Lipinski definition) is 3. The Balaban J connectivity index is 5.26. The van der Waals surface area contributed by atoms with Crippen molar-refractivity contribution in [3.63, 3.8) is 0 Å². The average molecular weight is 1410 g/mol. The van der Waals surface area contributed by atoms with E-state index in [-0.39, 0.29) is 25.7 Å². The first-order valence-electron chi connectivity index (χ1n) is 39.9. The van der Waals surface area contributed by atoms with Gasteiger partial charge in [0.1, 0.15) is 19.3 Å². The Morgan fingerprint density at radius 3 is 0.792 bits per heavy atom. The van der Waals surface area contributed by atoms with Gasteiger partial charge in [-0.05, 0) is 43.4 Å². The molecule has 0 aromatic heterocycles. The molecule has 0 aliphatic rings. The van der Waals surface area contributed by atoms with Crippen LogP contribution in [0.25, 0.3) is 0 Å². The highest BCUT2D eigenvalue weighted by atomic mass is 31.2. The van der Waals surface area contributed by atoms with Gasteiger partial charge < -0.3 is 33.8 Å². The van der Waals surface area contributed by atoms with Crippen molar-refractivity contribution in [2.45, 2.75) is 414 Å². The number of phosphoric acid groups is 2. The van der Waals surface area contributed by atoms with Crippen LogP contribution in [0.2, 0.25) is 0 Å². The minimum atomic E-state index is -4.96. The molecule has 3 N–H and O–H groups in total. The van der Waals surface area contributed by atoms with Crippen molar-refractivity contribution in [2.75, 3.05) is 39.6 Å². The van der Waals surface area contributed by atoms with Gasteiger partial charge in [0.25, 0.3) is 0 Å². The first-order valence-corrected chi connectivity index (χ1v) is 42.9. The third kappa shape index (κ3) is 69.2. The van der Waals surface area contributed by atoms with Crippen molar-refractivity contribution in [1.29, 1.82) is 0 Å². The minimum Gasteiger partial charge on any atom is -0.462 e. The average Bonchev–Trinajstić information content (AvgIpc) is 1.67. The van der Waals surface area contributed by atoms with E-state index in [0.717, 1.165) is 108 Å². The van der Waals surface area contributed by atoms with Gasteiger partial charge in [-0.25, -0.2) is 9.13 Å². The second-order valence-electron chi connectivity index (χ2n) is 28.9. The highest BCUT2D eigenvalue weighted by molar-refractivity contribution is 7.47. The summed E-state index contributed by atoms with van der Waals surface area (Å²) in [5, 5.41) is 10.6. The van der Waals surface area contributed by atoms with Crippen molar-refractivity contribution in [3.8, 4) is 0 Å². The number of unbranched alkanes of at least 4 members (excludes halogenated alkanes) is 42. The zero-order valence-corrected chi connectivity index (χ0v) is 64.6. The summed E-state index contributed by atoms with van der Waals surface area (Å²) in [4.78, 5) is 72.9. The topological polar surface area (TPSA) is 237 Å². The van der Waals surface area contributed by atoms with Crippen LogP contribution in [0.5, 0.6) is 0 Å². The number of ether oxygens (including phenoxy) is 4. The van der Waals surface area contributed by atoms with E-state index in [0.29, 0.717) is 25.7 Å². The van der Waals surface area contributed by atoms with Crippen LogP contribution in [-0.4, -0.2) is 96.7 Å². The molecule has 0 rings (SSSR count). The molecule has 6 atom stereocenters. The van der Waals surface area contributed by atoms with Crippen molar-refractivity contribution >= 4 is 39.5 Å². The largest absolute Gasteiger partial charge is 0.472 e. The number of aliphatic hydroxyl groups is 1. The fraction of sp³-hybridized carbons (Fsp3) is 0.948. The maximum absolute atomic E-state index is 13.1. The molecule has 0 bridgehead atoms. The zero-order chi connectivity index (χ0) is 70.9. The van der Waals surface area contributed by atoms with Crippen LogP contribution in [0.15, 0.2) is 0 Å². The molecule has 0 fully saturated rings. The lowest BCUT2D eigenvalue weighted by Gasteiger charge is -2.21. The quantitative estimate of drug-likeness (QED) is 0.0222. The highest BCUT2D eigenvalue weighted by Crippen LogP contribution is 2.45. The first-order chi connectivity index (χ1) is 46.3. The van der Waals surface area contributed by atoms with E-state index < -0.39 is 97.5 Å². The first kappa shape index (κ1) is 94.1. The molecule has 0 aliphatic heterocycles. The molecule has 0 aromatic rings. The summed E-state index contributed by atoms with van der Waals surface area (Å²) in [6, 6.07) is 0. The number of hydrogen-bond acceptors (Lipinski definition) is 15. The van der Waals surface area contributed by atoms with Crippen LogP contribution in [0.1, 0.15) is 395 Å². The summed E-state index contributed by atoms with van der Waals surface area (Å²) in [6.45, 7) is 11.9. The fourth-order valence-electron chi connectivity index (χ4n) is 11.7. The highest BCUT2D eigenvalue weighted by Gasteiger charge is 2.30. The summed E-state index contributed by atoms with van der Waals surface area (Å²) >= 11 is 0. The van der Waals surface area contributed by atoms with Gasteiger partial charge in [0.05, 0.1) is 26.4 Å². The zero-order valence-electron chi connectivity index (χ0n) is 62.8. The molecular formula is C77H150O17P2. The van der Waals surface area contributed by atoms with Gasteiger partial charge in [0.2, 0.25) is 0 Å². The summed E-state index contributed by atoms with van der Waals surface area (Å²) in [6.07, 6.45) is 54.0. The summed E-state index contributed by atoms with van der Waals surface area (Å²) in [5.41, 5.74) is 0. The van der Waals surface area contributed by atoms with Gasteiger partial charge >= 0.3 is 39.5 Å². The maximum Gasteiger partial charge on any atom is 0.472 e. The number of carbonyl (C=O) groups is 4. The van der Waals surface area contributed by atoms with Gasteiger partial charge in [-0.1, -0.05) is 344 Å². The van der Waals surface area contributed by atoms with Crippen molar-refractivity contribution in [1.82, 2.24) is 0 Å². The molecular weight excluding hydrogens is 1260 g/mol. The SMILES string of the molecule is CCCCCCCCCCCCCCCCC(=O)OC[C@H](COP(=O)(O)OC[C@@H](O)COP(=O)(O)OC[C@@H](COC(=O)CCCCCCCCCCCC(C)C)OC(=O)CCCCCCCCCCCC(C)C)OC(=O)CCCCCCCCCCCCCCCCC(C)CC. The fourth-order valence-corrected chi connectivity index (χ4v) is 13.3. The van der Waals surface area contributed by atoms with Gasteiger partial charge in [-0.15, -0.1) is 0 Å². The molecule has 0 aliphatic carbocycles. The van der Waals surface area contributed by atoms with Crippen LogP contribution in [0, 0.1) is 17.8 Å². The third-order valence-electron chi connectivity index (χ3n) is 18.2. The van der Waals surface area contributed by atoms with Gasteiger partial charge in [-0.2, -0.15) is 0 Å². The van der Waals surface area contributed by atoms with E-state index in [1.54, 1.807) is 0 Å². The van der Waals surface area contributed by atoms with Crippen molar-refractivity contribution in [2.24, 2.45) is 17.8 Å². The lowest BCUT2D eigenvalue weighted by molar-refractivity contribution is -0.161. The summed E-state index contributed by atoms with van der Waals surface area (Å²) < 4.78 is 68.6. The lowest BCUT2D eigenvalue weighted by Crippen LogP contribution is -2.30. The second-order valence-corrected chi connectivity index (χ2v) is 31.8. The van der Waals surface area contributed by atoms with E-state index in [4.69, 9.17) is 37.0 Å². The van der Waals surface area contributed by atoms with Gasteiger partial charge in [0.15, 0.2) is 12.2 Å². The van der Waals surface area contributed by atoms with Gasteiger partial charge in [-0.3, -0.25) is 37.3 Å². The predicted molar refractivity (Wildman–Crippen MR) is 391 cm³/mol. The summed E-state index contributed by atoms with van der Waals surface area (Å²) in [5.74, 6) is 0.210. The van der Waals surface area contributed by atoms with Gasteiger partial charge in [0, 0.05) is 25.7 Å². The molecule has 19 heteroatoms. The monoisotopic (exact) mass is 1410 g/mol. The molecule has 17 nitrogen and oxygen atoms in total. The summed E-state index contributed by atoms with van der Waals surface area (Å²) in [7, 11) is -9.91. The lowest BCUT2D eigenvalue weighted by atomic mass is 9.99. The van der Waals surface area contributed by atoms with Crippen LogP contribution in [-0.2, 0) is 65.4 Å². The molecule has 3 unspecified atom stereocenters. The molecule has 0 spiro atoms. The van der Waals surface area contributed by atoms with Crippen molar-refractivity contribution < 1.29 is 80.2 Å². The Bertz CT molecular complexity index is 1870. The molecule has 0 radical (unpaired) electrons. The third-order valence-corrected chi connectivity index (χ3v) is 20.1. The number of phosphoric ester groups is 2. The standard InChI is InChI=1S/C77H150O17P2/c1-8-10-11-12-13-14-15-16-20-23-30-37-44-51-58-74(79)87-64-72(93-76(81)60-53-46-39-31-24-21-18-17-19-22-29-36-43-50-57-70(7)9-2)66-91-95(83,84)89-62-71(78)63-90-96(85,86)92-67-73(94-77(82)61-54-47-40-33-26-28-35-42-49-56-69(5)6)65-88-75(80)59-52-45-38-32-25-27-34-41-48-55-68(3)4/h68-73,78H,8-67H2,1-7H3,(H,83,84)(H,85,86)/t70?,71-,72-,73-/m1/s1. The van der Waals surface area contributed by atoms with E-state index in [1.165, 1.54) is 205 Å². The van der Waals surface area contributed by atoms with E-state index in [1.807, 2.05) is 0 Å². The molecule has 0 saturated heterocycles. The normalized spacial score (nSPS) is 14.3. The Kier molecular flexibility index (Phi) is 66.2. The van der Waals surface area contributed by atoms with Crippen molar-refractivity contribution in [3.05, 3.63) is 0 Å². The van der Waals surface area contributed by atoms with Crippen LogP contribution in [0.3, 0.4) is 0 Å². The molecule has 0 aromatic carbocycles. The molecule has 0 heterocycles. The Morgan fingerprint density at radius 1 is 0.302 bits per heavy atom. The molecule has 0 amide bonds. The molecule has 96 heavy (non-hydrogen) atoms. The van der Waals surface area contributed by atoms with E-state index in [2.05, 4.69) is 48.5 Å². The van der Waals surface area contributed by atoms with Crippen LogP contribution >= 0.6 is 15.6 Å². The second kappa shape index (κ2) is 67.5. The Morgan fingerprint density at radius 2 is 0.531 bits per heavy atom. The predicted octanol–water partition coefficient (Wildman–Crippen LogP) is 22.6. The smallest absolute Gasteiger partial charge is 0.462 e. The number of carbonyl (C=O) groups excluding carboxylic acids is 4. The number of esters is 4. The van der Waals surface area contributed by atoms with Crippen LogP contribution < -0.4 is 0 Å². The van der Waals surface area contributed by atoms with Crippen LogP contribution in [0.4, 0.5) is 0 Å². The van der Waals surface area contributed by atoms with E-state index in [9.17, 15) is 43.2 Å². The Labute approximate surface area is 588 Å². The Hall–Kier alpha value is -1.94.